The highest BCUT2D eigenvalue weighted by atomic mass is 32.2. The maximum absolute atomic E-state index is 11.9. The maximum Gasteiger partial charge on any atom is 0.147 e. The zero-order chi connectivity index (χ0) is 12.1. The molecule has 17 heavy (non-hydrogen) atoms. The van der Waals surface area contributed by atoms with Crippen molar-refractivity contribution in [3.05, 3.63) is 21.9 Å². The van der Waals surface area contributed by atoms with Crippen LogP contribution in [0.3, 0.4) is 0 Å². The molecule has 1 nitrogen and oxygen atoms in total. The average molecular weight is 268 g/mol. The van der Waals surface area contributed by atoms with Gasteiger partial charge in [-0.25, -0.2) is 0 Å². The number of carbonyl (C=O) groups excluding carboxylic acids is 1. The third-order valence-corrected chi connectivity index (χ3v) is 5.88. The Morgan fingerprint density at radius 1 is 1.35 bits per heavy atom. The van der Waals surface area contributed by atoms with Gasteiger partial charge in [-0.15, -0.1) is 11.3 Å². The Hall–Kier alpha value is -0.280. The van der Waals surface area contributed by atoms with Crippen LogP contribution in [0.1, 0.15) is 42.4 Å². The van der Waals surface area contributed by atoms with E-state index < -0.39 is 0 Å². The summed E-state index contributed by atoms with van der Waals surface area (Å²) in [4.78, 5) is 14.5. The summed E-state index contributed by atoms with van der Waals surface area (Å²) in [5.74, 6) is 1.11. The van der Waals surface area contributed by atoms with Gasteiger partial charge in [0.05, 0.1) is 5.75 Å². The number of rotatable bonds is 6. The summed E-state index contributed by atoms with van der Waals surface area (Å²) in [5.41, 5.74) is 0. The van der Waals surface area contributed by atoms with E-state index >= 15 is 0 Å². The Labute approximate surface area is 112 Å². The lowest BCUT2D eigenvalue weighted by Crippen LogP contribution is -2.08. The first kappa shape index (κ1) is 13.2. The van der Waals surface area contributed by atoms with Crippen LogP contribution in [0.2, 0.25) is 0 Å². The predicted molar refractivity (Wildman–Crippen MR) is 77.1 cm³/mol. The molecule has 1 aromatic heterocycles. The van der Waals surface area contributed by atoms with Crippen molar-refractivity contribution in [2.45, 2.75) is 50.7 Å². The Bertz CT molecular complexity index is 364. The molecule has 0 bridgehead atoms. The van der Waals surface area contributed by atoms with Crippen molar-refractivity contribution in [3.63, 3.8) is 0 Å². The first-order chi connectivity index (χ1) is 8.28. The van der Waals surface area contributed by atoms with Crippen LogP contribution in [0.4, 0.5) is 0 Å². The van der Waals surface area contributed by atoms with Crippen LogP contribution < -0.4 is 0 Å². The van der Waals surface area contributed by atoms with E-state index in [2.05, 4.69) is 19.1 Å². The van der Waals surface area contributed by atoms with Gasteiger partial charge in [0, 0.05) is 21.4 Å². The second-order valence-corrected chi connectivity index (χ2v) is 7.20. The SMILES string of the molecule is CCc1ccc(CC(=O)CSC2CCCC2)s1. The predicted octanol–water partition coefficient (Wildman–Crippen LogP) is 4.10. The number of carbonyl (C=O) groups is 1. The molecule has 0 amide bonds. The van der Waals surface area contributed by atoms with Crippen LogP contribution in [0, 0.1) is 0 Å². The molecule has 0 radical (unpaired) electrons. The molecule has 0 atom stereocenters. The summed E-state index contributed by atoms with van der Waals surface area (Å²) in [6.07, 6.45) is 7.07. The van der Waals surface area contributed by atoms with E-state index in [-0.39, 0.29) is 0 Å². The van der Waals surface area contributed by atoms with E-state index in [9.17, 15) is 4.79 Å². The van der Waals surface area contributed by atoms with E-state index in [1.165, 1.54) is 35.4 Å². The summed E-state index contributed by atoms with van der Waals surface area (Å²) in [6.45, 7) is 2.16. The lowest BCUT2D eigenvalue weighted by Gasteiger charge is -2.06. The molecule has 0 N–H and O–H groups in total. The summed E-state index contributed by atoms with van der Waals surface area (Å²) in [6, 6.07) is 4.26. The summed E-state index contributed by atoms with van der Waals surface area (Å²) >= 11 is 3.67. The number of hydrogen-bond acceptors (Lipinski definition) is 3. The molecule has 1 heterocycles. The van der Waals surface area contributed by atoms with Gasteiger partial charge in [-0.1, -0.05) is 19.8 Å². The van der Waals surface area contributed by atoms with Crippen molar-refractivity contribution in [3.8, 4) is 0 Å². The molecule has 0 saturated heterocycles. The summed E-state index contributed by atoms with van der Waals surface area (Å²) in [5, 5.41) is 0.758. The molecule has 0 spiro atoms. The number of aryl methyl sites for hydroxylation is 1. The molecule has 1 aliphatic carbocycles. The van der Waals surface area contributed by atoms with Crippen LogP contribution in [-0.4, -0.2) is 16.8 Å². The highest BCUT2D eigenvalue weighted by Crippen LogP contribution is 2.29. The fraction of sp³-hybridized carbons (Fsp3) is 0.643. The highest BCUT2D eigenvalue weighted by molar-refractivity contribution is 8.00. The molecule has 0 aliphatic heterocycles. The zero-order valence-electron chi connectivity index (χ0n) is 10.4. The monoisotopic (exact) mass is 268 g/mol. The van der Waals surface area contributed by atoms with Crippen LogP contribution in [0.5, 0.6) is 0 Å². The van der Waals surface area contributed by atoms with Crippen molar-refractivity contribution < 1.29 is 4.79 Å². The minimum Gasteiger partial charge on any atom is -0.298 e. The number of Topliss-reactive ketones (excluding diaryl/α,β-unsaturated/α-hetero) is 1. The van der Waals surface area contributed by atoms with Crippen LogP contribution in [0.15, 0.2) is 12.1 Å². The molecule has 0 unspecified atom stereocenters. The van der Waals surface area contributed by atoms with Crippen molar-refractivity contribution in [1.29, 1.82) is 0 Å². The molecule has 1 saturated carbocycles. The normalized spacial score (nSPS) is 16.5. The van der Waals surface area contributed by atoms with Crippen molar-refractivity contribution >= 4 is 28.9 Å². The number of thiophene rings is 1. The summed E-state index contributed by atoms with van der Waals surface area (Å²) in [7, 11) is 0. The third-order valence-electron chi connectivity index (χ3n) is 3.22. The van der Waals surface area contributed by atoms with Gasteiger partial charge in [0.15, 0.2) is 0 Å². The Kier molecular flexibility index (Phi) is 5.11. The van der Waals surface area contributed by atoms with Crippen LogP contribution >= 0.6 is 23.1 Å². The minimum atomic E-state index is 0.395. The fourth-order valence-electron chi connectivity index (χ4n) is 2.22. The maximum atomic E-state index is 11.9. The topological polar surface area (TPSA) is 17.1 Å². The second kappa shape index (κ2) is 6.60. The molecular formula is C14H20OS2. The van der Waals surface area contributed by atoms with Gasteiger partial charge in [-0.3, -0.25) is 4.79 Å². The second-order valence-electron chi connectivity index (χ2n) is 4.65. The molecule has 2 rings (SSSR count). The Morgan fingerprint density at radius 3 is 2.71 bits per heavy atom. The van der Waals surface area contributed by atoms with Gasteiger partial charge in [-0.05, 0) is 31.4 Å². The number of thioether (sulfide) groups is 1. The highest BCUT2D eigenvalue weighted by Gasteiger charge is 2.16. The molecule has 0 aromatic carbocycles. The van der Waals surface area contributed by atoms with Gasteiger partial charge in [-0.2, -0.15) is 11.8 Å². The Balaban J connectivity index is 1.72. The Morgan fingerprint density at radius 2 is 2.06 bits per heavy atom. The van der Waals surface area contributed by atoms with Crippen molar-refractivity contribution in [1.82, 2.24) is 0 Å². The van der Waals surface area contributed by atoms with Gasteiger partial charge in [0.1, 0.15) is 5.78 Å². The quantitative estimate of drug-likeness (QED) is 0.772. The lowest BCUT2D eigenvalue weighted by molar-refractivity contribution is -0.115. The minimum absolute atomic E-state index is 0.395. The van der Waals surface area contributed by atoms with Crippen molar-refractivity contribution in [2.75, 3.05) is 5.75 Å². The fourth-order valence-corrected chi connectivity index (χ4v) is 4.40. The standard InChI is InChI=1S/C14H20OS2/c1-2-12-7-8-14(17-12)9-11(15)10-16-13-5-3-4-6-13/h7-8,13H,2-6,9-10H2,1H3. The first-order valence-electron chi connectivity index (χ1n) is 6.49. The van der Waals surface area contributed by atoms with Crippen LogP contribution in [0.25, 0.3) is 0 Å². The van der Waals surface area contributed by atoms with Gasteiger partial charge < -0.3 is 0 Å². The third kappa shape index (κ3) is 4.14. The van der Waals surface area contributed by atoms with Crippen LogP contribution in [-0.2, 0) is 17.6 Å². The summed E-state index contributed by atoms with van der Waals surface area (Å²) < 4.78 is 0. The van der Waals surface area contributed by atoms with E-state index in [1.54, 1.807) is 11.3 Å². The van der Waals surface area contributed by atoms with Gasteiger partial charge in [0.25, 0.3) is 0 Å². The molecular weight excluding hydrogens is 248 g/mol. The molecule has 3 heteroatoms. The zero-order valence-corrected chi connectivity index (χ0v) is 12.0. The molecule has 1 aromatic rings. The first-order valence-corrected chi connectivity index (χ1v) is 8.35. The van der Waals surface area contributed by atoms with Gasteiger partial charge >= 0.3 is 0 Å². The van der Waals surface area contributed by atoms with Gasteiger partial charge in [0.2, 0.25) is 0 Å². The number of hydrogen-bond donors (Lipinski definition) is 0. The molecule has 1 aliphatic rings. The van der Waals surface area contributed by atoms with E-state index in [0.717, 1.165) is 11.7 Å². The smallest absolute Gasteiger partial charge is 0.147 e. The van der Waals surface area contributed by atoms with E-state index in [0.29, 0.717) is 18.0 Å². The largest absolute Gasteiger partial charge is 0.298 e. The van der Waals surface area contributed by atoms with E-state index in [4.69, 9.17) is 0 Å². The number of ketones is 1. The molecule has 1 fully saturated rings. The lowest BCUT2D eigenvalue weighted by atomic mass is 10.2. The van der Waals surface area contributed by atoms with Crippen molar-refractivity contribution in [2.24, 2.45) is 0 Å². The molecule has 94 valence electrons. The van der Waals surface area contributed by atoms with E-state index in [1.807, 2.05) is 11.8 Å². The average Bonchev–Trinajstić information content (AvgIpc) is 2.97.